The van der Waals surface area contributed by atoms with Gasteiger partial charge < -0.3 is 19.6 Å². The molecule has 0 aliphatic carbocycles. The molecule has 0 saturated carbocycles. The third-order valence-corrected chi connectivity index (χ3v) is 5.22. The SMILES string of the molecule is Cc1cc(C[C@H](O)/C=C/C2CCC(=O)N2CCSCCCC(=O)O)on1. The Labute approximate surface area is 157 Å². The maximum Gasteiger partial charge on any atom is 0.303 e. The lowest BCUT2D eigenvalue weighted by atomic mass is 10.1. The summed E-state index contributed by atoms with van der Waals surface area (Å²) < 4.78 is 5.10. The van der Waals surface area contributed by atoms with E-state index in [0.29, 0.717) is 31.6 Å². The summed E-state index contributed by atoms with van der Waals surface area (Å²) in [4.78, 5) is 24.4. The molecule has 0 bridgehead atoms. The standard InChI is InChI=1S/C18H26N2O5S/c1-13-11-16(25-19-13)12-15(21)6-4-14-5-7-17(22)20(14)8-10-26-9-2-3-18(23)24/h4,6,11,14-15,21H,2-3,5,7-10,12H2,1H3,(H,23,24)/b6-4+/t14?,15-/m1/s1. The van der Waals surface area contributed by atoms with Crippen LogP contribution < -0.4 is 0 Å². The third-order valence-electron chi connectivity index (χ3n) is 4.17. The number of aryl methyl sites for hydroxylation is 1. The highest BCUT2D eigenvalue weighted by Gasteiger charge is 2.28. The number of nitrogens with zero attached hydrogens (tertiary/aromatic N) is 2. The molecule has 26 heavy (non-hydrogen) atoms. The topological polar surface area (TPSA) is 104 Å². The molecule has 1 aromatic rings. The average molecular weight is 382 g/mol. The van der Waals surface area contributed by atoms with Gasteiger partial charge in [0.25, 0.3) is 0 Å². The van der Waals surface area contributed by atoms with Crippen LogP contribution >= 0.6 is 11.8 Å². The van der Waals surface area contributed by atoms with Gasteiger partial charge in [0, 0.05) is 37.6 Å². The van der Waals surface area contributed by atoms with E-state index < -0.39 is 12.1 Å². The third kappa shape index (κ3) is 6.84. The van der Waals surface area contributed by atoms with Crippen LogP contribution in [0.3, 0.4) is 0 Å². The molecule has 1 aliphatic rings. The minimum absolute atomic E-state index is 0.00762. The maximum atomic E-state index is 12.1. The molecule has 1 amide bonds. The first-order valence-electron chi connectivity index (χ1n) is 8.83. The number of rotatable bonds is 11. The van der Waals surface area contributed by atoms with Crippen molar-refractivity contribution in [1.82, 2.24) is 10.1 Å². The van der Waals surface area contributed by atoms with Crippen molar-refractivity contribution >= 4 is 23.6 Å². The Morgan fingerprint density at radius 3 is 3.04 bits per heavy atom. The zero-order valence-corrected chi connectivity index (χ0v) is 15.8. The summed E-state index contributed by atoms with van der Waals surface area (Å²) in [7, 11) is 0. The van der Waals surface area contributed by atoms with Gasteiger partial charge in [-0.15, -0.1) is 0 Å². The van der Waals surface area contributed by atoms with Crippen molar-refractivity contribution in [2.24, 2.45) is 0 Å². The summed E-state index contributed by atoms with van der Waals surface area (Å²) in [6.45, 7) is 2.47. The Bertz CT molecular complexity index is 631. The summed E-state index contributed by atoms with van der Waals surface area (Å²) in [5.41, 5.74) is 0.782. The first kappa shape index (κ1) is 20.5. The van der Waals surface area contributed by atoms with E-state index in [1.54, 1.807) is 23.9 Å². The molecule has 0 radical (unpaired) electrons. The molecular formula is C18H26N2O5S. The van der Waals surface area contributed by atoms with Crippen LogP contribution in [0.1, 0.15) is 37.1 Å². The van der Waals surface area contributed by atoms with Crippen molar-refractivity contribution in [3.05, 3.63) is 29.7 Å². The van der Waals surface area contributed by atoms with Gasteiger partial charge in [-0.25, -0.2) is 0 Å². The van der Waals surface area contributed by atoms with E-state index in [-0.39, 0.29) is 18.4 Å². The summed E-state index contributed by atoms with van der Waals surface area (Å²) in [5, 5.41) is 22.5. The summed E-state index contributed by atoms with van der Waals surface area (Å²) in [6.07, 6.45) is 5.40. The molecule has 1 aromatic heterocycles. The van der Waals surface area contributed by atoms with Gasteiger partial charge in [0.1, 0.15) is 5.76 Å². The van der Waals surface area contributed by atoms with Crippen LogP contribution in [0, 0.1) is 6.92 Å². The van der Waals surface area contributed by atoms with E-state index in [1.807, 2.05) is 17.9 Å². The van der Waals surface area contributed by atoms with E-state index in [1.165, 1.54) is 0 Å². The molecule has 7 nitrogen and oxygen atoms in total. The number of amides is 1. The number of carboxylic acid groups (broad SMARTS) is 1. The molecule has 1 unspecified atom stereocenters. The van der Waals surface area contributed by atoms with Crippen molar-refractivity contribution in [2.45, 2.75) is 51.2 Å². The fourth-order valence-electron chi connectivity index (χ4n) is 2.88. The number of aliphatic carboxylic acids is 1. The zero-order chi connectivity index (χ0) is 18.9. The van der Waals surface area contributed by atoms with Crippen LogP contribution in [0.4, 0.5) is 0 Å². The summed E-state index contributed by atoms with van der Waals surface area (Å²) >= 11 is 1.66. The van der Waals surface area contributed by atoms with Crippen LogP contribution in [0.15, 0.2) is 22.7 Å². The molecule has 1 aliphatic heterocycles. The first-order valence-corrected chi connectivity index (χ1v) is 9.98. The number of carbonyl (C=O) groups is 2. The monoisotopic (exact) mass is 382 g/mol. The first-order chi connectivity index (χ1) is 12.5. The van der Waals surface area contributed by atoms with Crippen molar-refractivity contribution in [2.75, 3.05) is 18.1 Å². The smallest absolute Gasteiger partial charge is 0.303 e. The van der Waals surface area contributed by atoms with Gasteiger partial charge in [-0.1, -0.05) is 17.3 Å². The fourth-order valence-corrected chi connectivity index (χ4v) is 3.76. The summed E-state index contributed by atoms with van der Waals surface area (Å²) in [5.74, 6) is 1.56. The molecule has 8 heteroatoms. The van der Waals surface area contributed by atoms with Gasteiger partial charge >= 0.3 is 5.97 Å². The van der Waals surface area contributed by atoms with E-state index >= 15 is 0 Å². The van der Waals surface area contributed by atoms with Gasteiger partial charge in [-0.2, -0.15) is 11.8 Å². The second kappa shape index (κ2) is 10.4. The fraction of sp³-hybridized carbons (Fsp3) is 0.611. The van der Waals surface area contributed by atoms with Gasteiger partial charge in [-0.05, 0) is 25.5 Å². The van der Waals surface area contributed by atoms with Crippen LogP contribution in [0.2, 0.25) is 0 Å². The molecule has 0 aromatic carbocycles. The molecule has 1 saturated heterocycles. The van der Waals surface area contributed by atoms with Crippen LogP contribution in [-0.4, -0.2) is 62.3 Å². The number of carboxylic acids is 1. The molecule has 1 fully saturated rings. The lowest BCUT2D eigenvalue weighted by Crippen LogP contribution is -2.34. The van der Waals surface area contributed by atoms with Crippen LogP contribution in [-0.2, 0) is 16.0 Å². The quantitative estimate of drug-likeness (QED) is 0.446. The van der Waals surface area contributed by atoms with Gasteiger partial charge in [-0.3, -0.25) is 9.59 Å². The van der Waals surface area contributed by atoms with Gasteiger partial charge in [0.2, 0.25) is 5.91 Å². The highest BCUT2D eigenvalue weighted by molar-refractivity contribution is 7.99. The number of thioether (sulfide) groups is 1. The lowest BCUT2D eigenvalue weighted by Gasteiger charge is -2.22. The average Bonchev–Trinajstić information content (AvgIpc) is 3.14. The molecule has 2 rings (SSSR count). The second-order valence-electron chi connectivity index (χ2n) is 6.39. The van der Waals surface area contributed by atoms with Gasteiger partial charge in [0.15, 0.2) is 0 Å². The Morgan fingerprint density at radius 2 is 2.35 bits per heavy atom. The normalized spacial score (nSPS) is 18.8. The molecule has 2 atom stereocenters. The number of carbonyl (C=O) groups excluding carboxylic acids is 1. The zero-order valence-electron chi connectivity index (χ0n) is 15.0. The molecule has 2 heterocycles. The number of likely N-dealkylation sites (tertiary alicyclic amines) is 1. The van der Waals surface area contributed by atoms with Crippen molar-refractivity contribution in [3.63, 3.8) is 0 Å². The van der Waals surface area contributed by atoms with E-state index in [4.69, 9.17) is 9.63 Å². The Morgan fingerprint density at radius 1 is 1.54 bits per heavy atom. The predicted molar refractivity (Wildman–Crippen MR) is 99.0 cm³/mol. The van der Waals surface area contributed by atoms with Crippen LogP contribution in [0.25, 0.3) is 0 Å². The molecule has 0 spiro atoms. The number of aliphatic hydroxyl groups excluding tert-OH is 1. The Balaban J connectivity index is 1.74. The molecule has 144 valence electrons. The van der Waals surface area contributed by atoms with Crippen molar-refractivity contribution < 1.29 is 24.3 Å². The second-order valence-corrected chi connectivity index (χ2v) is 7.62. The highest BCUT2D eigenvalue weighted by atomic mass is 32.2. The predicted octanol–water partition coefficient (Wildman–Crippen LogP) is 2.03. The van der Waals surface area contributed by atoms with E-state index in [2.05, 4.69) is 5.16 Å². The van der Waals surface area contributed by atoms with Gasteiger partial charge in [0.05, 0.1) is 17.8 Å². The van der Waals surface area contributed by atoms with E-state index in [9.17, 15) is 14.7 Å². The largest absolute Gasteiger partial charge is 0.481 e. The molecule has 2 N–H and O–H groups in total. The van der Waals surface area contributed by atoms with Crippen LogP contribution in [0.5, 0.6) is 0 Å². The summed E-state index contributed by atoms with van der Waals surface area (Å²) in [6, 6.07) is 1.80. The maximum absolute atomic E-state index is 12.1. The Kier molecular flexibility index (Phi) is 8.18. The van der Waals surface area contributed by atoms with Crippen molar-refractivity contribution in [3.8, 4) is 0 Å². The number of hydrogen-bond donors (Lipinski definition) is 2. The van der Waals surface area contributed by atoms with Crippen molar-refractivity contribution in [1.29, 1.82) is 0 Å². The number of aromatic nitrogens is 1. The molecular weight excluding hydrogens is 356 g/mol. The highest BCUT2D eigenvalue weighted by Crippen LogP contribution is 2.21. The number of aliphatic hydroxyl groups is 1. The number of hydrogen-bond acceptors (Lipinski definition) is 6. The lowest BCUT2D eigenvalue weighted by molar-refractivity contribution is -0.137. The van der Waals surface area contributed by atoms with E-state index in [0.717, 1.165) is 23.6 Å². The minimum Gasteiger partial charge on any atom is -0.481 e. The Hall–Kier alpha value is -1.80. The minimum atomic E-state index is -0.774.